The molecule has 1 aromatic rings. The summed E-state index contributed by atoms with van der Waals surface area (Å²) in [5.74, 6) is -1.04. The number of rotatable bonds is 6. The molecule has 0 aliphatic carbocycles. The molecule has 0 atom stereocenters. The lowest BCUT2D eigenvalue weighted by Crippen LogP contribution is -2.16. The predicted molar refractivity (Wildman–Crippen MR) is 58.1 cm³/mol. The number of hydrogen-bond acceptors (Lipinski definition) is 3. The van der Waals surface area contributed by atoms with Gasteiger partial charge in [0.25, 0.3) is 0 Å². The summed E-state index contributed by atoms with van der Waals surface area (Å²) in [4.78, 5) is 21.4. The summed E-state index contributed by atoms with van der Waals surface area (Å²) >= 11 is 0. The molecule has 0 spiro atoms. The molecule has 0 aromatic heterocycles. The molecule has 85 valence electrons. The molecule has 0 aliphatic rings. The van der Waals surface area contributed by atoms with Crippen molar-refractivity contribution < 1.29 is 14.3 Å². The number of ether oxygens (including phenoxy) is 1. The fourth-order valence-electron chi connectivity index (χ4n) is 1.20. The molecule has 4 N–H and O–H groups in total. The number of primary amides is 2. The van der Waals surface area contributed by atoms with Crippen molar-refractivity contribution in [3.8, 4) is 0 Å². The first-order valence-corrected chi connectivity index (χ1v) is 4.69. The maximum absolute atomic E-state index is 11.0. The molecule has 0 heterocycles. The van der Waals surface area contributed by atoms with Gasteiger partial charge in [-0.25, -0.2) is 0 Å². The van der Waals surface area contributed by atoms with Crippen LogP contribution in [0.2, 0.25) is 0 Å². The van der Waals surface area contributed by atoms with Gasteiger partial charge in [0, 0.05) is 5.56 Å². The van der Waals surface area contributed by atoms with Crippen molar-refractivity contribution in [1.29, 1.82) is 0 Å². The number of amides is 2. The van der Waals surface area contributed by atoms with E-state index in [1.807, 2.05) is 0 Å². The van der Waals surface area contributed by atoms with Crippen molar-refractivity contribution in [2.75, 3.05) is 6.61 Å². The summed E-state index contributed by atoms with van der Waals surface area (Å²) in [5, 5.41) is 0. The van der Waals surface area contributed by atoms with E-state index in [4.69, 9.17) is 16.2 Å². The van der Waals surface area contributed by atoms with Crippen LogP contribution in [0.1, 0.15) is 15.9 Å². The van der Waals surface area contributed by atoms with Gasteiger partial charge in [-0.3, -0.25) is 9.59 Å². The van der Waals surface area contributed by atoms with Gasteiger partial charge >= 0.3 is 0 Å². The summed E-state index contributed by atoms with van der Waals surface area (Å²) in [7, 11) is 0. The van der Waals surface area contributed by atoms with Crippen LogP contribution in [0.15, 0.2) is 24.3 Å². The Hall–Kier alpha value is -1.88. The van der Waals surface area contributed by atoms with Crippen LogP contribution in [-0.4, -0.2) is 18.4 Å². The van der Waals surface area contributed by atoms with Crippen LogP contribution in [-0.2, 0) is 16.1 Å². The third-order valence-electron chi connectivity index (χ3n) is 1.94. The zero-order valence-corrected chi connectivity index (χ0v) is 8.68. The molecular formula is C11H13N2O3. The highest BCUT2D eigenvalue weighted by molar-refractivity contribution is 5.94. The van der Waals surface area contributed by atoms with Crippen LogP contribution in [0.4, 0.5) is 0 Å². The topological polar surface area (TPSA) is 95.4 Å². The SMILES string of the molecule is NC(=O)[CH]COCc1ccccc1C(N)=O. The van der Waals surface area contributed by atoms with Crippen LogP contribution in [0.3, 0.4) is 0 Å². The van der Waals surface area contributed by atoms with Gasteiger partial charge in [0.05, 0.1) is 19.6 Å². The maximum Gasteiger partial charge on any atom is 0.249 e. The molecule has 0 saturated carbocycles. The van der Waals surface area contributed by atoms with Crippen LogP contribution in [0.25, 0.3) is 0 Å². The second-order valence-corrected chi connectivity index (χ2v) is 3.14. The van der Waals surface area contributed by atoms with E-state index in [1.165, 1.54) is 6.42 Å². The maximum atomic E-state index is 11.0. The second-order valence-electron chi connectivity index (χ2n) is 3.14. The first-order chi connectivity index (χ1) is 7.61. The summed E-state index contributed by atoms with van der Waals surface area (Å²) in [6.45, 7) is 0.325. The lowest BCUT2D eigenvalue weighted by atomic mass is 10.1. The van der Waals surface area contributed by atoms with E-state index in [0.29, 0.717) is 11.1 Å². The van der Waals surface area contributed by atoms with Gasteiger partial charge in [0.2, 0.25) is 11.8 Å². The van der Waals surface area contributed by atoms with Crippen LogP contribution in [0.5, 0.6) is 0 Å². The van der Waals surface area contributed by atoms with Gasteiger partial charge in [-0.2, -0.15) is 0 Å². The number of hydrogen-bond donors (Lipinski definition) is 2. The van der Waals surface area contributed by atoms with E-state index in [0.717, 1.165) is 0 Å². The highest BCUT2D eigenvalue weighted by atomic mass is 16.5. The highest BCUT2D eigenvalue weighted by Gasteiger charge is 2.06. The highest BCUT2D eigenvalue weighted by Crippen LogP contribution is 2.09. The predicted octanol–water partition coefficient (Wildman–Crippen LogP) is -0.00831. The molecule has 1 aromatic carbocycles. The van der Waals surface area contributed by atoms with Crippen molar-refractivity contribution in [2.24, 2.45) is 11.5 Å². The second kappa shape index (κ2) is 5.87. The minimum absolute atomic E-state index is 0.114. The van der Waals surface area contributed by atoms with E-state index < -0.39 is 11.8 Å². The van der Waals surface area contributed by atoms with E-state index in [-0.39, 0.29) is 13.2 Å². The van der Waals surface area contributed by atoms with Crippen molar-refractivity contribution >= 4 is 11.8 Å². The van der Waals surface area contributed by atoms with Gasteiger partial charge in [-0.15, -0.1) is 0 Å². The zero-order valence-electron chi connectivity index (χ0n) is 8.68. The summed E-state index contributed by atoms with van der Waals surface area (Å²) in [5.41, 5.74) is 11.2. The molecule has 5 heteroatoms. The fourth-order valence-corrected chi connectivity index (χ4v) is 1.20. The number of benzene rings is 1. The number of carbonyl (C=O) groups is 2. The molecule has 1 radical (unpaired) electrons. The molecule has 0 fully saturated rings. The Kier molecular flexibility index (Phi) is 4.47. The first-order valence-electron chi connectivity index (χ1n) is 4.69. The van der Waals surface area contributed by atoms with Crippen LogP contribution in [0, 0.1) is 6.42 Å². The normalized spacial score (nSPS) is 10.0. The molecule has 5 nitrogen and oxygen atoms in total. The van der Waals surface area contributed by atoms with Gasteiger partial charge < -0.3 is 16.2 Å². The standard InChI is InChI=1S/C11H13N2O3/c12-10(14)5-6-16-7-8-3-1-2-4-9(8)11(13)15/h1-5H,6-7H2,(H2,12,14)(H2,13,15). The summed E-state index contributed by atoms with van der Waals surface area (Å²) in [6, 6.07) is 6.87. The number of nitrogens with two attached hydrogens (primary N) is 2. The molecular weight excluding hydrogens is 208 g/mol. The average molecular weight is 221 g/mol. The van der Waals surface area contributed by atoms with Gasteiger partial charge in [-0.05, 0) is 11.6 Å². The van der Waals surface area contributed by atoms with E-state index in [2.05, 4.69) is 0 Å². The van der Waals surface area contributed by atoms with Gasteiger partial charge in [0.1, 0.15) is 0 Å². The Morgan fingerprint density at radius 2 is 1.94 bits per heavy atom. The Labute approximate surface area is 93.4 Å². The van der Waals surface area contributed by atoms with Crippen LogP contribution < -0.4 is 11.5 Å². The molecule has 16 heavy (non-hydrogen) atoms. The lowest BCUT2D eigenvalue weighted by Gasteiger charge is -2.06. The van der Waals surface area contributed by atoms with Crippen molar-refractivity contribution in [2.45, 2.75) is 6.61 Å². The summed E-state index contributed by atoms with van der Waals surface area (Å²) in [6.07, 6.45) is 1.22. The molecule has 2 amide bonds. The van der Waals surface area contributed by atoms with E-state index in [9.17, 15) is 9.59 Å². The van der Waals surface area contributed by atoms with Gasteiger partial charge in [0.15, 0.2) is 0 Å². The first kappa shape index (κ1) is 12.2. The Balaban J connectivity index is 2.53. The largest absolute Gasteiger partial charge is 0.376 e. The Morgan fingerprint density at radius 3 is 2.56 bits per heavy atom. The number of carbonyl (C=O) groups excluding carboxylic acids is 2. The fraction of sp³-hybridized carbons (Fsp3) is 0.182. The molecule has 1 rings (SSSR count). The van der Waals surface area contributed by atoms with Crippen molar-refractivity contribution in [3.05, 3.63) is 41.8 Å². The van der Waals surface area contributed by atoms with Crippen LogP contribution >= 0.6 is 0 Å². The van der Waals surface area contributed by atoms with Crippen molar-refractivity contribution in [1.82, 2.24) is 0 Å². The Morgan fingerprint density at radius 1 is 1.25 bits per heavy atom. The quantitative estimate of drug-likeness (QED) is 0.661. The molecule has 0 bridgehead atoms. The zero-order chi connectivity index (χ0) is 12.0. The van der Waals surface area contributed by atoms with Crippen molar-refractivity contribution in [3.63, 3.8) is 0 Å². The third-order valence-corrected chi connectivity index (χ3v) is 1.94. The van der Waals surface area contributed by atoms with E-state index >= 15 is 0 Å². The monoisotopic (exact) mass is 221 g/mol. The third kappa shape index (κ3) is 3.70. The smallest absolute Gasteiger partial charge is 0.249 e. The summed E-state index contributed by atoms with van der Waals surface area (Å²) < 4.78 is 5.16. The molecule has 0 saturated heterocycles. The minimum Gasteiger partial charge on any atom is -0.376 e. The molecule has 0 aliphatic heterocycles. The lowest BCUT2D eigenvalue weighted by molar-refractivity contribution is -0.115. The van der Waals surface area contributed by atoms with Gasteiger partial charge in [-0.1, -0.05) is 18.2 Å². The molecule has 0 unspecified atom stereocenters. The Bertz CT molecular complexity index is 391. The minimum atomic E-state index is -0.539. The average Bonchev–Trinajstić information content (AvgIpc) is 2.24. The van der Waals surface area contributed by atoms with E-state index in [1.54, 1.807) is 24.3 Å².